The van der Waals surface area contributed by atoms with Gasteiger partial charge < -0.3 is 14.2 Å². The molecule has 1 N–H and O–H groups in total. The van der Waals surface area contributed by atoms with Gasteiger partial charge in [-0.1, -0.05) is 6.92 Å². The van der Waals surface area contributed by atoms with Crippen LogP contribution < -0.4 is 5.32 Å². The Morgan fingerprint density at radius 2 is 2.00 bits per heavy atom. The average molecular weight is 284 g/mol. The standard InChI is InChI=1S/C13H20N2O5/c1-4-7-9-10(20-13(2,3)19-9)11(18-7)15-6-5-8(16)14-12(15)17/h7,9-11H,4-6H2,1-3H3,(H,14,16,17)/t7-,9-,10-,11-/m1/s1. The number of rotatable bonds is 2. The maximum absolute atomic E-state index is 12.0. The lowest BCUT2D eigenvalue weighted by atomic mass is 10.1. The minimum atomic E-state index is -0.674. The van der Waals surface area contributed by atoms with E-state index in [1.807, 2.05) is 20.8 Å². The first-order valence-corrected chi connectivity index (χ1v) is 7.03. The van der Waals surface area contributed by atoms with Crippen molar-refractivity contribution in [2.75, 3.05) is 6.54 Å². The van der Waals surface area contributed by atoms with Gasteiger partial charge in [-0.05, 0) is 20.3 Å². The number of carbonyl (C=O) groups excluding carboxylic acids is 2. The highest BCUT2D eigenvalue weighted by atomic mass is 16.8. The Bertz CT molecular complexity index is 438. The van der Waals surface area contributed by atoms with Gasteiger partial charge in [-0.3, -0.25) is 15.0 Å². The minimum absolute atomic E-state index is 0.0998. The number of imide groups is 1. The molecule has 7 heteroatoms. The van der Waals surface area contributed by atoms with Crippen molar-refractivity contribution in [3.05, 3.63) is 0 Å². The summed E-state index contributed by atoms with van der Waals surface area (Å²) in [6.07, 6.45) is -0.0217. The van der Waals surface area contributed by atoms with Crippen LogP contribution in [0.15, 0.2) is 0 Å². The molecule has 0 bridgehead atoms. The second kappa shape index (κ2) is 4.68. The maximum atomic E-state index is 12.0. The monoisotopic (exact) mass is 284 g/mol. The van der Waals surface area contributed by atoms with Crippen molar-refractivity contribution in [3.63, 3.8) is 0 Å². The van der Waals surface area contributed by atoms with Gasteiger partial charge in [0, 0.05) is 13.0 Å². The van der Waals surface area contributed by atoms with Crippen molar-refractivity contribution in [1.29, 1.82) is 0 Å². The molecule has 0 saturated carbocycles. The molecule has 0 aromatic rings. The van der Waals surface area contributed by atoms with E-state index in [0.717, 1.165) is 6.42 Å². The average Bonchev–Trinajstić information content (AvgIpc) is 2.83. The molecule has 0 aromatic heterocycles. The molecule has 0 aromatic carbocycles. The number of hydrogen-bond acceptors (Lipinski definition) is 5. The molecule has 0 unspecified atom stereocenters. The van der Waals surface area contributed by atoms with E-state index in [0.29, 0.717) is 6.54 Å². The van der Waals surface area contributed by atoms with Gasteiger partial charge in [0.05, 0.1) is 6.10 Å². The number of urea groups is 1. The first-order valence-electron chi connectivity index (χ1n) is 7.03. The highest BCUT2D eigenvalue weighted by Crippen LogP contribution is 2.40. The van der Waals surface area contributed by atoms with E-state index in [2.05, 4.69) is 5.32 Å². The van der Waals surface area contributed by atoms with Crippen LogP contribution in [0.4, 0.5) is 4.79 Å². The van der Waals surface area contributed by atoms with Crippen LogP contribution in [0, 0.1) is 0 Å². The zero-order valence-corrected chi connectivity index (χ0v) is 11.9. The van der Waals surface area contributed by atoms with Crippen molar-refractivity contribution in [2.24, 2.45) is 0 Å². The van der Waals surface area contributed by atoms with Crippen molar-refractivity contribution in [1.82, 2.24) is 10.2 Å². The Morgan fingerprint density at radius 1 is 1.30 bits per heavy atom. The fourth-order valence-electron chi connectivity index (χ4n) is 3.06. The van der Waals surface area contributed by atoms with Gasteiger partial charge in [0.25, 0.3) is 0 Å². The van der Waals surface area contributed by atoms with Crippen LogP contribution in [0.3, 0.4) is 0 Å². The molecule has 7 nitrogen and oxygen atoms in total. The summed E-state index contributed by atoms with van der Waals surface area (Å²) < 4.78 is 17.7. The predicted molar refractivity (Wildman–Crippen MR) is 67.6 cm³/mol. The lowest BCUT2D eigenvalue weighted by molar-refractivity contribution is -0.201. The van der Waals surface area contributed by atoms with Crippen molar-refractivity contribution in [3.8, 4) is 0 Å². The molecule has 0 radical (unpaired) electrons. The van der Waals surface area contributed by atoms with Gasteiger partial charge in [-0.25, -0.2) is 4.79 Å². The molecule has 3 rings (SSSR count). The van der Waals surface area contributed by atoms with Crippen LogP contribution in [0.5, 0.6) is 0 Å². The van der Waals surface area contributed by atoms with Gasteiger partial charge in [0.1, 0.15) is 12.2 Å². The van der Waals surface area contributed by atoms with E-state index in [-0.39, 0.29) is 30.6 Å². The Balaban J connectivity index is 1.80. The quantitative estimate of drug-likeness (QED) is 0.803. The number of amides is 3. The van der Waals surface area contributed by atoms with Gasteiger partial charge >= 0.3 is 6.03 Å². The predicted octanol–water partition coefficient (Wildman–Crippen LogP) is 0.583. The molecule has 0 spiro atoms. The van der Waals surface area contributed by atoms with Crippen molar-refractivity contribution in [2.45, 2.75) is 63.9 Å². The fraction of sp³-hybridized carbons (Fsp3) is 0.846. The Morgan fingerprint density at radius 3 is 2.65 bits per heavy atom. The molecule has 0 aliphatic carbocycles. The molecule has 20 heavy (non-hydrogen) atoms. The lowest BCUT2D eigenvalue weighted by Crippen LogP contribution is -2.56. The van der Waals surface area contributed by atoms with Crippen molar-refractivity contribution < 1.29 is 23.8 Å². The summed E-state index contributed by atoms with van der Waals surface area (Å²) in [5.74, 6) is -0.927. The molecule has 4 atom stereocenters. The SMILES string of the molecule is CC[C@H]1O[C@@H](N2CCC(=O)NC2=O)[C@@H]2OC(C)(C)O[C@@H]21. The van der Waals surface area contributed by atoms with Gasteiger partial charge in [0.2, 0.25) is 5.91 Å². The molecule has 3 aliphatic rings. The van der Waals surface area contributed by atoms with E-state index in [4.69, 9.17) is 14.2 Å². The highest BCUT2D eigenvalue weighted by molar-refractivity contribution is 5.96. The molecule has 3 saturated heterocycles. The minimum Gasteiger partial charge on any atom is -0.349 e. The molecule has 3 aliphatic heterocycles. The summed E-state index contributed by atoms with van der Waals surface area (Å²) in [5, 5.41) is 2.31. The van der Waals surface area contributed by atoms with Gasteiger partial charge in [-0.15, -0.1) is 0 Å². The number of hydrogen-bond donors (Lipinski definition) is 1. The summed E-state index contributed by atoms with van der Waals surface area (Å²) in [4.78, 5) is 24.7. The Kier molecular flexibility index (Phi) is 3.23. The zero-order valence-electron chi connectivity index (χ0n) is 11.9. The van der Waals surface area contributed by atoms with Crippen molar-refractivity contribution >= 4 is 11.9 Å². The second-order valence-electron chi connectivity index (χ2n) is 5.83. The van der Waals surface area contributed by atoms with E-state index in [1.165, 1.54) is 4.90 Å². The molecular formula is C13H20N2O5. The molecule has 3 fully saturated rings. The van der Waals surface area contributed by atoms with Crippen LogP contribution in [0.1, 0.15) is 33.6 Å². The number of ether oxygens (including phenoxy) is 3. The summed E-state index contributed by atoms with van der Waals surface area (Å²) >= 11 is 0. The van der Waals surface area contributed by atoms with Crippen LogP contribution in [0.2, 0.25) is 0 Å². The molecule has 3 heterocycles. The van der Waals surface area contributed by atoms with Gasteiger partial charge in [0.15, 0.2) is 12.0 Å². The highest BCUT2D eigenvalue weighted by Gasteiger charge is 2.57. The van der Waals surface area contributed by atoms with Gasteiger partial charge in [-0.2, -0.15) is 0 Å². The van der Waals surface area contributed by atoms with Crippen LogP contribution in [-0.2, 0) is 19.0 Å². The summed E-state index contributed by atoms with van der Waals surface area (Å²) in [6.45, 7) is 6.07. The molecule has 3 amide bonds. The number of nitrogens with zero attached hydrogens (tertiary/aromatic N) is 1. The number of nitrogens with one attached hydrogen (secondary N) is 1. The zero-order chi connectivity index (χ0) is 14.5. The molecular weight excluding hydrogens is 264 g/mol. The van der Waals surface area contributed by atoms with E-state index in [9.17, 15) is 9.59 Å². The Hall–Kier alpha value is -1.18. The summed E-state index contributed by atoms with van der Waals surface area (Å²) in [7, 11) is 0. The van der Waals surface area contributed by atoms with E-state index in [1.54, 1.807) is 0 Å². The smallest absolute Gasteiger partial charge is 0.326 e. The third kappa shape index (κ3) is 2.19. The first kappa shape index (κ1) is 13.8. The lowest BCUT2D eigenvalue weighted by Gasteiger charge is -2.34. The summed E-state index contributed by atoms with van der Waals surface area (Å²) in [5.41, 5.74) is 0. The Labute approximate surface area is 117 Å². The maximum Gasteiger partial charge on any atom is 0.326 e. The van der Waals surface area contributed by atoms with Crippen LogP contribution in [0.25, 0.3) is 0 Å². The van der Waals surface area contributed by atoms with Crippen LogP contribution in [-0.4, -0.2) is 53.7 Å². The first-order chi connectivity index (χ1) is 9.41. The fourth-order valence-corrected chi connectivity index (χ4v) is 3.06. The molecule has 112 valence electrons. The topological polar surface area (TPSA) is 77.1 Å². The normalized spacial score (nSPS) is 39.9. The summed E-state index contributed by atoms with van der Waals surface area (Å²) in [6, 6.07) is -0.421. The second-order valence-corrected chi connectivity index (χ2v) is 5.83. The third-order valence-electron chi connectivity index (χ3n) is 3.92. The van der Waals surface area contributed by atoms with E-state index >= 15 is 0 Å². The number of carbonyl (C=O) groups is 2. The third-order valence-corrected chi connectivity index (χ3v) is 3.92. The number of fused-ring (bicyclic) bond motifs is 1. The van der Waals surface area contributed by atoms with Crippen LogP contribution >= 0.6 is 0 Å². The largest absolute Gasteiger partial charge is 0.349 e. The van der Waals surface area contributed by atoms with E-state index < -0.39 is 18.0 Å².